The molecule has 0 saturated heterocycles. The first-order chi connectivity index (χ1) is 9.47. The van der Waals surface area contributed by atoms with Crippen LogP contribution in [0.2, 0.25) is 0 Å². The van der Waals surface area contributed by atoms with Gasteiger partial charge in [-0.3, -0.25) is 4.79 Å². The van der Waals surface area contributed by atoms with E-state index in [9.17, 15) is 14.4 Å². The summed E-state index contributed by atoms with van der Waals surface area (Å²) in [5, 5.41) is 13.9. The number of carbonyl (C=O) groups excluding carboxylic acids is 2. The van der Waals surface area contributed by atoms with Crippen LogP contribution in [-0.2, 0) is 14.3 Å². The molecule has 0 aliphatic carbocycles. The molecule has 0 spiro atoms. The number of carbonyl (C=O) groups is 3. The Kier molecular flexibility index (Phi) is 10.6. The van der Waals surface area contributed by atoms with E-state index in [4.69, 9.17) is 9.84 Å². The van der Waals surface area contributed by atoms with Crippen molar-refractivity contribution in [1.29, 1.82) is 0 Å². The first-order valence-corrected chi connectivity index (χ1v) is 7.61. The van der Waals surface area contributed by atoms with Crippen LogP contribution in [0.5, 0.6) is 0 Å². The van der Waals surface area contributed by atoms with Crippen LogP contribution >= 0.6 is 11.8 Å². The van der Waals surface area contributed by atoms with Gasteiger partial charge < -0.3 is 20.5 Å². The molecular weight excluding hydrogens is 284 g/mol. The predicted octanol–water partition coefficient (Wildman–Crippen LogP) is 1.18. The molecule has 3 N–H and O–H groups in total. The molecule has 0 aliphatic heterocycles. The molecule has 1 atom stereocenters. The Bertz CT molecular complexity index is 325. The van der Waals surface area contributed by atoms with Crippen LogP contribution in [0.25, 0.3) is 0 Å². The van der Waals surface area contributed by atoms with Crippen LogP contribution < -0.4 is 10.6 Å². The summed E-state index contributed by atoms with van der Waals surface area (Å²) in [6, 6.07) is -0.978. The molecular formula is C12H22N2O5S. The Balaban J connectivity index is 3.89. The maximum atomic E-state index is 11.4. The van der Waals surface area contributed by atoms with E-state index in [1.54, 1.807) is 0 Å². The summed E-state index contributed by atoms with van der Waals surface area (Å²) in [5.41, 5.74) is 0. The third-order valence-corrected chi connectivity index (χ3v) is 3.17. The van der Waals surface area contributed by atoms with Crippen molar-refractivity contribution in [1.82, 2.24) is 10.6 Å². The van der Waals surface area contributed by atoms with E-state index in [2.05, 4.69) is 10.6 Å². The SMILES string of the molecule is CCCCOC(=O)N[C@@H](CCSCNC(C)=O)C(=O)O. The zero-order valence-electron chi connectivity index (χ0n) is 11.8. The van der Waals surface area contributed by atoms with Gasteiger partial charge in [0.1, 0.15) is 6.04 Å². The van der Waals surface area contributed by atoms with Crippen molar-refractivity contribution in [2.75, 3.05) is 18.2 Å². The summed E-state index contributed by atoms with van der Waals surface area (Å²) >= 11 is 1.39. The number of unbranched alkanes of at least 4 members (excludes halogenated alkanes) is 1. The zero-order valence-corrected chi connectivity index (χ0v) is 12.6. The molecule has 8 heteroatoms. The van der Waals surface area contributed by atoms with Crippen molar-refractivity contribution in [2.45, 2.75) is 39.2 Å². The second kappa shape index (κ2) is 11.4. The normalized spacial score (nSPS) is 11.5. The van der Waals surface area contributed by atoms with Crippen LogP contribution in [0.15, 0.2) is 0 Å². The van der Waals surface area contributed by atoms with Crippen LogP contribution in [0.1, 0.15) is 33.1 Å². The van der Waals surface area contributed by atoms with Crippen molar-refractivity contribution in [3.05, 3.63) is 0 Å². The molecule has 7 nitrogen and oxygen atoms in total. The topological polar surface area (TPSA) is 105 Å². The zero-order chi connectivity index (χ0) is 15.4. The van der Waals surface area contributed by atoms with E-state index >= 15 is 0 Å². The van der Waals surface area contributed by atoms with Gasteiger partial charge in [0.2, 0.25) is 5.91 Å². The van der Waals surface area contributed by atoms with E-state index < -0.39 is 18.1 Å². The van der Waals surface area contributed by atoms with Crippen molar-refractivity contribution in [3.63, 3.8) is 0 Å². The van der Waals surface area contributed by atoms with Crippen molar-refractivity contribution in [3.8, 4) is 0 Å². The average Bonchev–Trinajstić information content (AvgIpc) is 2.36. The Labute approximate surface area is 122 Å². The van der Waals surface area contributed by atoms with Gasteiger partial charge in [-0.15, -0.1) is 11.8 Å². The van der Waals surface area contributed by atoms with Gasteiger partial charge in [-0.2, -0.15) is 0 Å². The minimum atomic E-state index is -1.10. The highest BCUT2D eigenvalue weighted by atomic mass is 32.2. The molecule has 2 amide bonds. The van der Waals surface area contributed by atoms with E-state index in [-0.39, 0.29) is 18.9 Å². The fourth-order valence-corrected chi connectivity index (χ4v) is 2.03. The fourth-order valence-electron chi connectivity index (χ4n) is 1.18. The predicted molar refractivity (Wildman–Crippen MR) is 76.6 cm³/mol. The number of ether oxygens (including phenoxy) is 1. The van der Waals surface area contributed by atoms with Crippen LogP contribution in [0, 0.1) is 0 Å². The number of hydrogen-bond acceptors (Lipinski definition) is 5. The first-order valence-electron chi connectivity index (χ1n) is 6.45. The number of thioether (sulfide) groups is 1. The number of amides is 2. The van der Waals surface area contributed by atoms with Crippen LogP contribution in [0.4, 0.5) is 4.79 Å². The molecule has 0 unspecified atom stereocenters. The van der Waals surface area contributed by atoms with E-state index in [1.165, 1.54) is 18.7 Å². The third kappa shape index (κ3) is 10.5. The quantitative estimate of drug-likeness (QED) is 0.413. The lowest BCUT2D eigenvalue weighted by atomic mass is 10.2. The van der Waals surface area contributed by atoms with E-state index in [1.807, 2.05) is 6.92 Å². The molecule has 116 valence electrons. The standard InChI is InChI=1S/C12H22N2O5S/c1-3-4-6-19-12(18)14-10(11(16)17)5-7-20-8-13-9(2)15/h10H,3-8H2,1-2H3,(H,13,15)(H,14,18)(H,16,17)/t10-/m0/s1. The number of hydrogen-bond donors (Lipinski definition) is 3. The van der Waals surface area contributed by atoms with Gasteiger partial charge in [0.15, 0.2) is 0 Å². The molecule has 0 heterocycles. The Morgan fingerprint density at radius 2 is 2.05 bits per heavy atom. The number of aliphatic carboxylic acids is 1. The van der Waals surface area contributed by atoms with Gasteiger partial charge in [0.05, 0.1) is 12.5 Å². The highest BCUT2D eigenvalue weighted by Crippen LogP contribution is 2.04. The lowest BCUT2D eigenvalue weighted by molar-refractivity contribution is -0.139. The molecule has 0 saturated carbocycles. The fraction of sp³-hybridized carbons (Fsp3) is 0.750. The van der Waals surface area contributed by atoms with Gasteiger partial charge in [-0.05, 0) is 18.6 Å². The summed E-state index contributed by atoms with van der Waals surface area (Å²) in [5.74, 6) is -0.308. The van der Waals surface area contributed by atoms with Gasteiger partial charge in [0, 0.05) is 6.92 Å². The maximum absolute atomic E-state index is 11.4. The van der Waals surface area contributed by atoms with Crippen LogP contribution in [0.3, 0.4) is 0 Å². The molecule has 20 heavy (non-hydrogen) atoms. The van der Waals surface area contributed by atoms with Gasteiger partial charge in [-0.1, -0.05) is 13.3 Å². The molecule has 0 radical (unpaired) electrons. The molecule has 0 fully saturated rings. The molecule has 0 rings (SSSR count). The Morgan fingerprint density at radius 1 is 1.35 bits per heavy atom. The first kappa shape index (κ1) is 18.6. The smallest absolute Gasteiger partial charge is 0.407 e. The largest absolute Gasteiger partial charge is 0.480 e. The number of carboxylic acids is 1. The molecule has 0 aromatic heterocycles. The van der Waals surface area contributed by atoms with Crippen molar-refractivity contribution in [2.24, 2.45) is 0 Å². The number of nitrogens with one attached hydrogen (secondary N) is 2. The van der Waals surface area contributed by atoms with Crippen molar-refractivity contribution < 1.29 is 24.2 Å². The van der Waals surface area contributed by atoms with Crippen LogP contribution in [-0.4, -0.2) is 47.4 Å². The second-order valence-corrected chi connectivity index (χ2v) is 5.20. The lowest BCUT2D eigenvalue weighted by Gasteiger charge is -2.14. The Morgan fingerprint density at radius 3 is 2.60 bits per heavy atom. The average molecular weight is 306 g/mol. The second-order valence-electron chi connectivity index (χ2n) is 4.10. The van der Waals surface area contributed by atoms with Gasteiger partial charge in [-0.25, -0.2) is 9.59 Å². The third-order valence-electron chi connectivity index (χ3n) is 2.30. The van der Waals surface area contributed by atoms with Gasteiger partial charge >= 0.3 is 12.1 Å². The van der Waals surface area contributed by atoms with E-state index in [0.29, 0.717) is 11.6 Å². The summed E-state index contributed by atoms with van der Waals surface area (Å²) in [6.45, 7) is 3.66. The van der Waals surface area contributed by atoms with E-state index in [0.717, 1.165) is 12.8 Å². The summed E-state index contributed by atoms with van der Waals surface area (Å²) in [6.07, 6.45) is 1.20. The summed E-state index contributed by atoms with van der Waals surface area (Å²) in [4.78, 5) is 33.0. The lowest BCUT2D eigenvalue weighted by Crippen LogP contribution is -2.41. The number of rotatable bonds is 10. The number of alkyl carbamates (subject to hydrolysis) is 1. The summed E-state index contributed by atoms with van der Waals surface area (Å²) < 4.78 is 4.84. The highest BCUT2D eigenvalue weighted by molar-refractivity contribution is 7.99. The minimum absolute atomic E-state index is 0.134. The molecule has 0 aromatic rings. The Hall–Kier alpha value is -1.44. The van der Waals surface area contributed by atoms with Gasteiger partial charge in [0.25, 0.3) is 0 Å². The summed E-state index contributed by atoms with van der Waals surface area (Å²) in [7, 11) is 0. The maximum Gasteiger partial charge on any atom is 0.407 e. The highest BCUT2D eigenvalue weighted by Gasteiger charge is 2.20. The molecule has 0 aromatic carbocycles. The molecule has 0 bridgehead atoms. The minimum Gasteiger partial charge on any atom is -0.480 e. The monoisotopic (exact) mass is 306 g/mol. The van der Waals surface area contributed by atoms with Crippen molar-refractivity contribution >= 4 is 29.7 Å². The number of carboxylic acid groups (broad SMARTS) is 1. The molecule has 0 aliphatic rings.